The number of aryl methyl sites for hydroxylation is 2. The standard InChI is InChI=1S/C24H16Cl2N2O4S/c1-11-10-15(12(2)32-11)21(29)18-20(13-6-8-14(25)9-7-13)28(23(31)22(18)30)24-27-19-16(26)4-3-5-17(19)33-24/h3-10,20,29H,1-2H3/b21-18+. The first-order valence-corrected chi connectivity index (χ1v) is 11.5. The van der Waals surface area contributed by atoms with Gasteiger partial charge in [0.1, 0.15) is 22.8 Å². The van der Waals surface area contributed by atoms with E-state index in [1.54, 1.807) is 56.3 Å². The van der Waals surface area contributed by atoms with Gasteiger partial charge in [-0.2, -0.15) is 0 Å². The van der Waals surface area contributed by atoms with Crippen LogP contribution in [-0.2, 0) is 9.59 Å². The Morgan fingerprint density at radius 2 is 1.85 bits per heavy atom. The molecule has 1 amide bonds. The monoisotopic (exact) mass is 498 g/mol. The lowest BCUT2D eigenvalue weighted by atomic mass is 9.95. The lowest BCUT2D eigenvalue weighted by molar-refractivity contribution is -0.132. The van der Waals surface area contributed by atoms with Crippen LogP contribution < -0.4 is 4.90 Å². The zero-order valence-corrected chi connectivity index (χ0v) is 19.8. The summed E-state index contributed by atoms with van der Waals surface area (Å²) in [6.07, 6.45) is 0. The molecule has 0 aliphatic carbocycles. The van der Waals surface area contributed by atoms with Crippen molar-refractivity contribution in [2.24, 2.45) is 0 Å². The molecule has 1 aliphatic heterocycles. The second-order valence-corrected chi connectivity index (χ2v) is 9.48. The van der Waals surface area contributed by atoms with Gasteiger partial charge in [-0.15, -0.1) is 0 Å². The van der Waals surface area contributed by atoms with E-state index >= 15 is 0 Å². The Kier molecular flexibility index (Phi) is 5.28. The third-order valence-electron chi connectivity index (χ3n) is 5.49. The number of hydrogen-bond acceptors (Lipinski definition) is 6. The number of benzene rings is 2. The van der Waals surface area contributed by atoms with E-state index in [2.05, 4.69) is 4.98 Å². The Labute approximate surface area is 202 Å². The van der Waals surface area contributed by atoms with Gasteiger partial charge in [-0.3, -0.25) is 14.5 Å². The van der Waals surface area contributed by atoms with Crippen LogP contribution in [0.3, 0.4) is 0 Å². The minimum Gasteiger partial charge on any atom is -0.507 e. The summed E-state index contributed by atoms with van der Waals surface area (Å²) in [4.78, 5) is 32.4. The Hall–Kier alpha value is -3.13. The van der Waals surface area contributed by atoms with E-state index in [1.807, 2.05) is 6.07 Å². The largest absolute Gasteiger partial charge is 0.507 e. The number of aliphatic hydroxyl groups is 1. The van der Waals surface area contributed by atoms with Crippen molar-refractivity contribution >= 4 is 67.3 Å². The van der Waals surface area contributed by atoms with Crippen molar-refractivity contribution in [1.82, 2.24) is 4.98 Å². The highest BCUT2D eigenvalue weighted by atomic mass is 35.5. The van der Waals surface area contributed by atoms with E-state index in [0.29, 0.717) is 43.3 Å². The van der Waals surface area contributed by atoms with Crippen LogP contribution in [0.4, 0.5) is 5.13 Å². The summed E-state index contributed by atoms with van der Waals surface area (Å²) in [5, 5.41) is 12.4. The Bertz CT molecular complexity index is 1470. The molecule has 2 aromatic carbocycles. The van der Waals surface area contributed by atoms with Crippen LogP contribution >= 0.6 is 34.5 Å². The third kappa shape index (κ3) is 3.53. The average molecular weight is 499 g/mol. The predicted octanol–water partition coefficient (Wildman–Crippen LogP) is 6.44. The van der Waals surface area contributed by atoms with E-state index in [1.165, 1.54) is 16.2 Å². The number of aliphatic hydroxyl groups excluding tert-OH is 1. The highest BCUT2D eigenvalue weighted by Crippen LogP contribution is 2.45. The number of halogens is 2. The van der Waals surface area contributed by atoms with Gasteiger partial charge in [0.2, 0.25) is 0 Å². The molecule has 1 atom stereocenters. The van der Waals surface area contributed by atoms with Crippen molar-refractivity contribution in [3.05, 3.63) is 86.8 Å². The van der Waals surface area contributed by atoms with Gasteiger partial charge < -0.3 is 9.52 Å². The number of thiazole rings is 1. The Morgan fingerprint density at radius 3 is 2.48 bits per heavy atom. The molecule has 4 aromatic rings. The molecule has 6 nitrogen and oxygen atoms in total. The number of fused-ring (bicyclic) bond motifs is 1. The molecule has 9 heteroatoms. The number of rotatable bonds is 3. The molecule has 5 rings (SSSR count). The van der Waals surface area contributed by atoms with Gasteiger partial charge in [-0.05, 0) is 49.7 Å². The van der Waals surface area contributed by atoms with Gasteiger partial charge >= 0.3 is 5.91 Å². The maximum Gasteiger partial charge on any atom is 0.301 e. The van der Waals surface area contributed by atoms with Crippen molar-refractivity contribution in [2.75, 3.05) is 4.90 Å². The highest BCUT2D eigenvalue weighted by molar-refractivity contribution is 7.22. The molecule has 166 valence electrons. The summed E-state index contributed by atoms with van der Waals surface area (Å²) in [6.45, 7) is 3.43. The minimum atomic E-state index is -0.906. The Balaban J connectivity index is 1.76. The lowest BCUT2D eigenvalue weighted by Crippen LogP contribution is -2.29. The van der Waals surface area contributed by atoms with E-state index < -0.39 is 17.7 Å². The first-order valence-electron chi connectivity index (χ1n) is 9.95. The number of anilines is 1. The van der Waals surface area contributed by atoms with Gasteiger partial charge in [0.15, 0.2) is 5.13 Å². The number of hydrogen-bond donors (Lipinski definition) is 1. The fourth-order valence-corrected chi connectivity index (χ4v) is 5.43. The van der Waals surface area contributed by atoms with Crippen LogP contribution in [0.2, 0.25) is 10.0 Å². The molecular weight excluding hydrogens is 483 g/mol. The second-order valence-electron chi connectivity index (χ2n) is 7.63. The number of carbonyl (C=O) groups excluding carboxylic acids is 2. The number of Topliss-reactive ketones (excluding diaryl/α,β-unsaturated/α-hetero) is 1. The van der Waals surface area contributed by atoms with Crippen molar-refractivity contribution in [3.8, 4) is 0 Å². The molecule has 0 saturated carbocycles. The van der Waals surface area contributed by atoms with Gasteiger partial charge in [0, 0.05) is 5.02 Å². The molecule has 1 N–H and O–H groups in total. The van der Waals surface area contributed by atoms with E-state index in [9.17, 15) is 14.7 Å². The molecule has 2 aromatic heterocycles. The third-order valence-corrected chi connectivity index (χ3v) is 7.07. The SMILES string of the molecule is Cc1cc(/C(O)=C2\C(=O)C(=O)N(c3nc4c(Cl)cccc4s3)C2c2ccc(Cl)cc2)c(C)o1. The molecular formula is C24H16Cl2N2O4S. The maximum absolute atomic E-state index is 13.3. The topological polar surface area (TPSA) is 83.6 Å². The van der Waals surface area contributed by atoms with Crippen LogP contribution in [-0.4, -0.2) is 21.8 Å². The van der Waals surface area contributed by atoms with Crippen LogP contribution in [0.5, 0.6) is 0 Å². The zero-order chi connectivity index (χ0) is 23.4. The number of furan rings is 1. The van der Waals surface area contributed by atoms with Crippen molar-refractivity contribution in [1.29, 1.82) is 0 Å². The molecule has 0 radical (unpaired) electrons. The van der Waals surface area contributed by atoms with E-state index in [-0.39, 0.29) is 11.3 Å². The van der Waals surface area contributed by atoms with Crippen LogP contribution in [0, 0.1) is 13.8 Å². The van der Waals surface area contributed by atoms with E-state index in [4.69, 9.17) is 27.6 Å². The van der Waals surface area contributed by atoms with Crippen LogP contribution in [0.15, 0.2) is 58.5 Å². The number of amides is 1. The number of nitrogens with zero attached hydrogens (tertiary/aromatic N) is 2. The molecule has 0 bridgehead atoms. The minimum absolute atomic E-state index is 0.0448. The Morgan fingerprint density at radius 1 is 1.12 bits per heavy atom. The number of para-hydroxylation sites is 1. The maximum atomic E-state index is 13.3. The summed E-state index contributed by atoms with van der Waals surface area (Å²) in [5.74, 6) is -0.880. The summed E-state index contributed by atoms with van der Waals surface area (Å²) in [7, 11) is 0. The van der Waals surface area contributed by atoms with Gasteiger partial charge in [0.25, 0.3) is 5.78 Å². The fourth-order valence-electron chi connectivity index (χ4n) is 4.01. The molecule has 1 saturated heterocycles. The van der Waals surface area contributed by atoms with Crippen molar-refractivity contribution < 1.29 is 19.1 Å². The molecule has 33 heavy (non-hydrogen) atoms. The van der Waals surface area contributed by atoms with Gasteiger partial charge in [-0.1, -0.05) is 52.7 Å². The summed E-state index contributed by atoms with van der Waals surface area (Å²) in [5.41, 5.74) is 1.45. The smallest absolute Gasteiger partial charge is 0.301 e. The summed E-state index contributed by atoms with van der Waals surface area (Å²) in [6, 6.07) is 12.8. The quantitative estimate of drug-likeness (QED) is 0.199. The van der Waals surface area contributed by atoms with Gasteiger partial charge in [0.05, 0.1) is 26.9 Å². The number of ketones is 1. The number of aromatic nitrogens is 1. The van der Waals surface area contributed by atoms with Crippen LogP contribution in [0.1, 0.15) is 28.7 Å². The fraction of sp³-hybridized carbons (Fsp3) is 0.125. The zero-order valence-electron chi connectivity index (χ0n) is 17.4. The van der Waals surface area contributed by atoms with E-state index in [0.717, 1.165) is 4.70 Å². The summed E-state index contributed by atoms with van der Waals surface area (Å²) < 4.78 is 6.31. The predicted molar refractivity (Wildman–Crippen MR) is 129 cm³/mol. The average Bonchev–Trinajstić information content (AvgIpc) is 3.43. The number of carbonyl (C=O) groups is 2. The van der Waals surface area contributed by atoms with Crippen LogP contribution in [0.25, 0.3) is 16.0 Å². The lowest BCUT2D eigenvalue weighted by Gasteiger charge is -2.22. The molecule has 1 unspecified atom stereocenters. The normalized spacial score (nSPS) is 17.9. The molecule has 0 spiro atoms. The van der Waals surface area contributed by atoms with Crippen molar-refractivity contribution in [3.63, 3.8) is 0 Å². The molecule has 1 fully saturated rings. The highest BCUT2D eigenvalue weighted by Gasteiger charge is 2.48. The molecule has 3 heterocycles. The van der Waals surface area contributed by atoms with Gasteiger partial charge in [-0.25, -0.2) is 4.98 Å². The summed E-state index contributed by atoms with van der Waals surface area (Å²) >= 11 is 13.6. The molecule has 1 aliphatic rings. The second kappa shape index (κ2) is 8.02. The first-order chi connectivity index (χ1) is 15.8. The van der Waals surface area contributed by atoms with Crippen molar-refractivity contribution in [2.45, 2.75) is 19.9 Å². The first kappa shape index (κ1) is 21.7.